The minimum atomic E-state index is -0.293. The molecule has 0 saturated heterocycles. The minimum Gasteiger partial charge on any atom is -0.360 e. The van der Waals surface area contributed by atoms with Crippen molar-refractivity contribution in [3.8, 4) is 0 Å². The molecule has 0 radical (unpaired) electrons. The monoisotopic (exact) mass is 310 g/mol. The van der Waals surface area contributed by atoms with Gasteiger partial charge in [-0.25, -0.2) is 0 Å². The number of nitro groups is 1. The summed E-state index contributed by atoms with van der Waals surface area (Å²) in [6.45, 7) is 5.41. The van der Waals surface area contributed by atoms with Gasteiger partial charge in [0, 0.05) is 28.3 Å². The Morgan fingerprint density at radius 3 is 2.83 bits per heavy atom. The SMILES string of the molecule is CC(C)CN1CC([N+](=O)[O-])=Cc2ccc(Br)cc21. The van der Waals surface area contributed by atoms with Crippen LogP contribution in [-0.4, -0.2) is 18.0 Å². The molecule has 96 valence electrons. The first-order valence-electron chi connectivity index (χ1n) is 5.87. The first-order valence-corrected chi connectivity index (χ1v) is 6.66. The molecular weight excluding hydrogens is 296 g/mol. The van der Waals surface area contributed by atoms with Gasteiger partial charge in [-0.15, -0.1) is 0 Å². The van der Waals surface area contributed by atoms with Gasteiger partial charge in [0.25, 0.3) is 5.70 Å². The van der Waals surface area contributed by atoms with E-state index in [1.165, 1.54) is 0 Å². The number of halogens is 1. The molecule has 0 aromatic heterocycles. The van der Waals surface area contributed by atoms with E-state index in [1.54, 1.807) is 6.08 Å². The summed E-state index contributed by atoms with van der Waals surface area (Å²) in [5, 5.41) is 11.0. The third-order valence-electron chi connectivity index (χ3n) is 2.83. The number of nitrogens with zero attached hydrogens (tertiary/aromatic N) is 2. The van der Waals surface area contributed by atoms with Crippen molar-refractivity contribution in [2.45, 2.75) is 13.8 Å². The molecule has 0 saturated carbocycles. The van der Waals surface area contributed by atoms with Gasteiger partial charge < -0.3 is 4.90 Å². The molecule has 0 bridgehead atoms. The largest absolute Gasteiger partial charge is 0.360 e. The molecule has 0 spiro atoms. The van der Waals surface area contributed by atoms with Gasteiger partial charge in [0.1, 0.15) is 6.54 Å². The number of benzene rings is 1. The zero-order chi connectivity index (χ0) is 13.3. The van der Waals surface area contributed by atoms with Crippen LogP contribution in [0.4, 0.5) is 5.69 Å². The predicted molar refractivity (Wildman–Crippen MR) is 76.2 cm³/mol. The molecule has 0 unspecified atom stereocenters. The second-order valence-corrected chi connectivity index (χ2v) is 5.79. The molecule has 1 aliphatic rings. The maximum Gasteiger partial charge on any atom is 0.266 e. The van der Waals surface area contributed by atoms with Crippen LogP contribution in [0.15, 0.2) is 28.4 Å². The van der Waals surface area contributed by atoms with E-state index >= 15 is 0 Å². The lowest BCUT2D eigenvalue weighted by atomic mass is 10.0. The van der Waals surface area contributed by atoms with Crippen LogP contribution >= 0.6 is 15.9 Å². The lowest BCUT2D eigenvalue weighted by Gasteiger charge is -2.29. The van der Waals surface area contributed by atoms with Crippen molar-refractivity contribution in [2.75, 3.05) is 18.0 Å². The molecule has 0 atom stereocenters. The molecule has 18 heavy (non-hydrogen) atoms. The predicted octanol–water partition coefficient (Wildman–Crippen LogP) is 3.54. The Bertz CT molecular complexity index is 512. The average molecular weight is 311 g/mol. The Kier molecular flexibility index (Phi) is 3.71. The average Bonchev–Trinajstić information content (AvgIpc) is 2.28. The van der Waals surface area contributed by atoms with Crippen LogP contribution in [0.5, 0.6) is 0 Å². The second-order valence-electron chi connectivity index (χ2n) is 4.87. The second kappa shape index (κ2) is 5.10. The molecule has 0 N–H and O–H groups in total. The van der Waals surface area contributed by atoms with Crippen molar-refractivity contribution >= 4 is 27.7 Å². The Morgan fingerprint density at radius 1 is 1.50 bits per heavy atom. The van der Waals surface area contributed by atoms with Crippen molar-refractivity contribution in [1.29, 1.82) is 0 Å². The van der Waals surface area contributed by atoms with Gasteiger partial charge in [0.2, 0.25) is 0 Å². The fourth-order valence-electron chi connectivity index (χ4n) is 2.13. The van der Waals surface area contributed by atoms with E-state index in [-0.39, 0.29) is 10.6 Å². The quantitative estimate of drug-likeness (QED) is 0.633. The first kappa shape index (κ1) is 13.1. The number of fused-ring (bicyclic) bond motifs is 1. The van der Waals surface area contributed by atoms with Crippen LogP contribution in [0.3, 0.4) is 0 Å². The maximum atomic E-state index is 11.0. The number of hydrogen-bond acceptors (Lipinski definition) is 3. The molecule has 0 fully saturated rings. The molecule has 1 heterocycles. The van der Waals surface area contributed by atoms with E-state index in [9.17, 15) is 10.1 Å². The highest BCUT2D eigenvalue weighted by Gasteiger charge is 2.25. The number of rotatable bonds is 3. The molecule has 1 aliphatic heterocycles. The van der Waals surface area contributed by atoms with Gasteiger partial charge in [0.05, 0.1) is 4.92 Å². The molecule has 0 amide bonds. The van der Waals surface area contributed by atoms with Gasteiger partial charge in [-0.3, -0.25) is 10.1 Å². The van der Waals surface area contributed by atoms with E-state index in [2.05, 4.69) is 34.7 Å². The lowest BCUT2D eigenvalue weighted by molar-refractivity contribution is -0.423. The van der Waals surface area contributed by atoms with Crippen molar-refractivity contribution in [1.82, 2.24) is 0 Å². The Morgan fingerprint density at radius 2 is 2.22 bits per heavy atom. The molecule has 1 aromatic rings. The van der Waals surface area contributed by atoms with Crippen LogP contribution in [-0.2, 0) is 0 Å². The highest BCUT2D eigenvalue weighted by molar-refractivity contribution is 9.10. The Hall–Kier alpha value is -1.36. The van der Waals surface area contributed by atoms with Crippen LogP contribution in [0.2, 0.25) is 0 Å². The van der Waals surface area contributed by atoms with Crippen molar-refractivity contribution < 1.29 is 4.92 Å². The van der Waals surface area contributed by atoms with Crippen molar-refractivity contribution in [2.24, 2.45) is 5.92 Å². The summed E-state index contributed by atoms with van der Waals surface area (Å²) in [5.74, 6) is 0.461. The zero-order valence-corrected chi connectivity index (χ0v) is 12.0. The molecular formula is C13H15BrN2O2. The van der Waals surface area contributed by atoms with Crippen LogP contribution in [0.25, 0.3) is 6.08 Å². The normalized spacial score (nSPS) is 14.4. The number of hydrogen-bond donors (Lipinski definition) is 0. The smallest absolute Gasteiger partial charge is 0.266 e. The summed E-state index contributed by atoms with van der Waals surface area (Å²) in [7, 11) is 0. The van der Waals surface area contributed by atoms with Gasteiger partial charge in [0.15, 0.2) is 0 Å². The minimum absolute atomic E-state index is 0.255. The molecule has 0 aliphatic carbocycles. The maximum absolute atomic E-state index is 11.0. The Labute approximate surface area is 115 Å². The zero-order valence-electron chi connectivity index (χ0n) is 10.4. The molecule has 4 nitrogen and oxygen atoms in total. The molecule has 5 heteroatoms. The fourth-order valence-corrected chi connectivity index (χ4v) is 2.48. The van der Waals surface area contributed by atoms with Gasteiger partial charge in [-0.1, -0.05) is 35.8 Å². The van der Waals surface area contributed by atoms with Crippen molar-refractivity contribution in [3.05, 3.63) is 44.0 Å². The van der Waals surface area contributed by atoms with E-state index in [0.717, 1.165) is 22.3 Å². The molecule has 1 aromatic carbocycles. The fraction of sp³-hybridized carbons (Fsp3) is 0.385. The number of anilines is 1. The van der Waals surface area contributed by atoms with E-state index in [0.29, 0.717) is 12.5 Å². The highest BCUT2D eigenvalue weighted by atomic mass is 79.9. The van der Waals surface area contributed by atoms with Gasteiger partial charge >= 0.3 is 0 Å². The van der Waals surface area contributed by atoms with E-state index in [1.807, 2.05) is 18.2 Å². The highest BCUT2D eigenvalue weighted by Crippen LogP contribution is 2.32. The van der Waals surface area contributed by atoms with E-state index in [4.69, 9.17) is 0 Å². The summed E-state index contributed by atoms with van der Waals surface area (Å²) in [6.07, 6.45) is 1.67. The Balaban J connectivity index is 2.43. The lowest BCUT2D eigenvalue weighted by Crippen LogP contribution is -2.33. The van der Waals surface area contributed by atoms with Crippen molar-refractivity contribution in [3.63, 3.8) is 0 Å². The van der Waals surface area contributed by atoms with Crippen LogP contribution < -0.4 is 4.90 Å². The molecule has 2 rings (SSSR count). The third-order valence-corrected chi connectivity index (χ3v) is 3.32. The summed E-state index contributed by atoms with van der Waals surface area (Å²) in [4.78, 5) is 12.7. The summed E-state index contributed by atoms with van der Waals surface area (Å²) >= 11 is 3.45. The third kappa shape index (κ3) is 2.72. The van der Waals surface area contributed by atoms with Gasteiger partial charge in [-0.05, 0) is 18.1 Å². The summed E-state index contributed by atoms with van der Waals surface area (Å²) in [6, 6.07) is 5.84. The van der Waals surface area contributed by atoms with Gasteiger partial charge in [-0.2, -0.15) is 0 Å². The summed E-state index contributed by atoms with van der Waals surface area (Å²) in [5.41, 5.74) is 2.23. The van der Waals surface area contributed by atoms with E-state index < -0.39 is 0 Å². The van der Waals surface area contributed by atoms with Crippen LogP contribution in [0, 0.1) is 16.0 Å². The standard InChI is InChI=1S/C13H15BrN2O2/c1-9(2)7-15-8-12(16(17)18)5-10-3-4-11(14)6-13(10)15/h3-6,9H,7-8H2,1-2H3. The summed E-state index contributed by atoms with van der Waals surface area (Å²) < 4.78 is 0.993. The topological polar surface area (TPSA) is 46.4 Å². The first-order chi connectivity index (χ1) is 8.47. The van der Waals surface area contributed by atoms with Crippen LogP contribution in [0.1, 0.15) is 19.4 Å².